The lowest BCUT2D eigenvalue weighted by Crippen LogP contribution is -2.41. The number of nitrogens with one attached hydrogen (secondary N) is 2. The second-order valence-corrected chi connectivity index (χ2v) is 8.27. The van der Waals surface area contributed by atoms with Crippen molar-refractivity contribution < 1.29 is 9.53 Å². The van der Waals surface area contributed by atoms with Gasteiger partial charge in [0.15, 0.2) is 5.96 Å². The van der Waals surface area contributed by atoms with Crippen LogP contribution in [-0.4, -0.2) is 56.6 Å². The fourth-order valence-corrected chi connectivity index (χ4v) is 3.91. The molecule has 0 radical (unpaired) electrons. The van der Waals surface area contributed by atoms with Gasteiger partial charge in [0.1, 0.15) is 5.75 Å². The van der Waals surface area contributed by atoms with Crippen LogP contribution in [0.25, 0.3) is 0 Å². The summed E-state index contributed by atoms with van der Waals surface area (Å²) in [6.07, 6.45) is 3.40. The van der Waals surface area contributed by atoms with Crippen molar-refractivity contribution in [1.82, 2.24) is 15.5 Å². The van der Waals surface area contributed by atoms with Gasteiger partial charge in [-0.1, -0.05) is 49.4 Å². The van der Waals surface area contributed by atoms with Crippen LogP contribution >= 0.6 is 0 Å². The quantitative estimate of drug-likeness (QED) is 0.419. The molecule has 0 aromatic heterocycles. The topological polar surface area (TPSA) is 66.0 Å². The largest absolute Gasteiger partial charge is 0.494 e. The molecule has 2 aromatic carbocycles. The van der Waals surface area contributed by atoms with E-state index in [-0.39, 0.29) is 5.91 Å². The van der Waals surface area contributed by atoms with E-state index in [4.69, 9.17) is 4.74 Å². The molecule has 0 spiro atoms. The number of hydrogen-bond acceptors (Lipinski definition) is 3. The van der Waals surface area contributed by atoms with Crippen molar-refractivity contribution in [2.75, 3.05) is 39.8 Å². The molecule has 1 heterocycles. The van der Waals surface area contributed by atoms with Gasteiger partial charge in [0.2, 0.25) is 5.91 Å². The molecule has 32 heavy (non-hydrogen) atoms. The molecule has 1 unspecified atom stereocenters. The van der Waals surface area contributed by atoms with Crippen molar-refractivity contribution in [3.05, 3.63) is 65.7 Å². The summed E-state index contributed by atoms with van der Waals surface area (Å²) in [6.45, 7) is 5.96. The number of aliphatic imine (C=N–C) groups is 1. The zero-order chi connectivity index (χ0) is 22.6. The number of ether oxygens (including phenoxy) is 1. The highest BCUT2D eigenvalue weighted by molar-refractivity contribution is 5.80. The van der Waals surface area contributed by atoms with E-state index in [9.17, 15) is 4.79 Å². The summed E-state index contributed by atoms with van der Waals surface area (Å²) in [5.74, 6) is 2.26. The van der Waals surface area contributed by atoms with E-state index in [2.05, 4.69) is 46.8 Å². The molecule has 6 heteroatoms. The van der Waals surface area contributed by atoms with Crippen LogP contribution in [0, 0.1) is 5.92 Å². The molecule has 6 nitrogen and oxygen atoms in total. The van der Waals surface area contributed by atoms with Crippen molar-refractivity contribution in [2.24, 2.45) is 10.9 Å². The van der Waals surface area contributed by atoms with Crippen molar-refractivity contribution in [3.8, 4) is 5.75 Å². The summed E-state index contributed by atoms with van der Waals surface area (Å²) in [4.78, 5) is 18.7. The fourth-order valence-electron chi connectivity index (χ4n) is 3.91. The monoisotopic (exact) mass is 436 g/mol. The molecular weight excluding hydrogens is 400 g/mol. The van der Waals surface area contributed by atoms with E-state index in [0.29, 0.717) is 12.3 Å². The summed E-state index contributed by atoms with van der Waals surface area (Å²) in [5, 5.41) is 6.76. The Hall–Kier alpha value is -3.02. The van der Waals surface area contributed by atoms with Gasteiger partial charge in [-0.3, -0.25) is 9.79 Å². The van der Waals surface area contributed by atoms with Crippen LogP contribution in [0.3, 0.4) is 0 Å². The molecule has 0 saturated carbocycles. The summed E-state index contributed by atoms with van der Waals surface area (Å²) >= 11 is 0. The van der Waals surface area contributed by atoms with Crippen LogP contribution < -0.4 is 15.4 Å². The lowest BCUT2D eigenvalue weighted by molar-refractivity contribution is -0.127. The van der Waals surface area contributed by atoms with Gasteiger partial charge >= 0.3 is 0 Å². The van der Waals surface area contributed by atoms with Crippen molar-refractivity contribution >= 4 is 11.9 Å². The first kappa shape index (κ1) is 23.6. The van der Waals surface area contributed by atoms with Crippen LogP contribution in [0.2, 0.25) is 0 Å². The number of benzene rings is 2. The molecule has 1 saturated heterocycles. The molecule has 1 amide bonds. The number of carbonyl (C=O) groups excluding carboxylic acids is 1. The number of hydrogen-bond donors (Lipinski definition) is 2. The van der Waals surface area contributed by atoms with Crippen LogP contribution in [-0.2, 0) is 17.6 Å². The summed E-state index contributed by atoms with van der Waals surface area (Å²) in [7, 11) is 1.78. The number of amides is 1. The molecular formula is C26H36N4O2. The minimum Gasteiger partial charge on any atom is -0.494 e. The molecule has 1 aliphatic rings. The highest BCUT2D eigenvalue weighted by atomic mass is 16.5. The Kier molecular flexibility index (Phi) is 9.41. The predicted octanol–water partition coefficient (Wildman–Crippen LogP) is 3.27. The Morgan fingerprint density at radius 2 is 1.91 bits per heavy atom. The normalized spacial score (nSPS) is 16.3. The number of carbonyl (C=O) groups is 1. The fraction of sp³-hybridized carbons (Fsp3) is 0.462. The third-order valence-electron chi connectivity index (χ3n) is 5.67. The highest BCUT2D eigenvalue weighted by Crippen LogP contribution is 2.18. The van der Waals surface area contributed by atoms with E-state index in [1.165, 1.54) is 11.1 Å². The lowest BCUT2D eigenvalue weighted by atomic mass is 10.1. The van der Waals surface area contributed by atoms with E-state index < -0.39 is 0 Å². The van der Waals surface area contributed by atoms with Gasteiger partial charge in [-0.2, -0.15) is 0 Å². The first-order valence-electron chi connectivity index (χ1n) is 11.7. The minimum absolute atomic E-state index is 0.251. The van der Waals surface area contributed by atoms with E-state index in [0.717, 1.165) is 63.8 Å². The van der Waals surface area contributed by atoms with Crippen molar-refractivity contribution in [2.45, 2.75) is 32.6 Å². The van der Waals surface area contributed by atoms with Crippen molar-refractivity contribution in [1.29, 1.82) is 0 Å². The number of nitrogens with zero attached hydrogens (tertiary/aromatic N) is 2. The van der Waals surface area contributed by atoms with Gasteiger partial charge in [0.05, 0.1) is 6.61 Å². The Bertz CT molecular complexity index is 869. The lowest BCUT2D eigenvalue weighted by Gasteiger charge is -2.18. The zero-order valence-corrected chi connectivity index (χ0v) is 19.3. The van der Waals surface area contributed by atoms with Crippen LogP contribution in [0.5, 0.6) is 5.75 Å². The number of rotatable bonds is 11. The van der Waals surface area contributed by atoms with Gasteiger partial charge in [-0.15, -0.1) is 0 Å². The SMILES string of the molecule is CCCOc1cccc(CCNC(=NC)NCC2CC(=O)N(CCc3ccccc3)C2)c1. The maximum Gasteiger partial charge on any atom is 0.223 e. The Balaban J connectivity index is 1.36. The summed E-state index contributed by atoms with van der Waals surface area (Å²) in [5.41, 5.74) is 2.51. The molecule has 1 aliphatic heterocycles. The second kappa shape index (κ2) is 12.7. The molecule has 1 atom stereocenters. The van der Waals surface area contributed by atoms with Crippen LogP contribution in [0.4, 0.5) is 0 Å². The predicted molar refractivity (Wildman–Crippen MR) is 130 cm³/mol. The molecule has 172 valence electrons. The molecule has 3 rings (SSSR count). The first-order chi connectivity index (χ1) is 15.7. The molecule has 2 N–H and O–H groups in total. The smallest absolute Gasteiger partial charge is 0.223 e. The Morgan fingerprint density at radius 3 is 2.69 bits per heavy atom. The zero-order valence-electron chi connectivity index (χ0n) is 19.3. The van der Waals surface area contributed by atoms with E-state index in [1.54, 1.807) is 7.05 Å². The molecule has 2 aromatic rings. The molecule has 0 bridgehead atoms. The molecule has 0 aliphatic carbocycles. The average molecular weight is 437 g/mol. The van der Waals surface area contributed by atoms with Crippen LogP contribution in [0.1, 0.15) is 30.9 Å². The van der Waals surface area contributed by atoms with Crippen LogP contribution in [0.15, 0.2) is 59.6 Å². The standard InChI is InChI=1S/C26H36N4O2/c1-3-16-32-24-11-7-10-22(17-24)12-14-28-26(27-2)29-19-23-18-25(31)30(20-23)15-13-21-8-5-4-6-9-21/h4-11,17,23H,3,12-16,18-20H2,1-2H3,(H2,27,28,29). The molecule has 1 fully saturated rings. The van der Waals surface area contributed by atoms with E-state index >= 15 is 0 Å². The first-order valence-corrected chi connectivity index (χ1v) is 11.7. The van der Waals surface area contributed by atoms with Gasteiger partial charge in [0.25, 0.3) is 0 Å². The summed E-state index contributed by atoms with van der Waals surface area (Å²) < 4.78 is 5.71. The van der Waals surface area contributed by atoms with Gasteiger partial charge in [-0.25, -0.2) is 0 Å². The maximum absolute atomic E-state index is 12.4. The third-order valence-corrected chi connectivity index (χ3v) is 5.67. The van der Waals surface area contributed by atoms with Crippen molar-refractivity contribution in [3.63, 3.8) is 0 Å². The number of guanidine groups is 1. The minimum atomic E-state index is 0.251. The number of likely N-dealkylation sites (tertiary alicyclic amines) is 1. The van der Waals surface area contributed by atoms with Gasteiger partial charge in [-0.05, 0) is 42.5 Å². The Labute approximate surface area is 192 Å². The second-order valence-electron chi connectivity index (χ2n) is 8.27. The van der Waals surface area contributed by atoms with Gasteiger partial charge in [0, 0.05) is 45.6 Å². The average Bonchev–Trinajstić information content (AvgIpc) is 3.18. The third kappa shape index (κ3) is 7.59. The summed E-state index contributed by atoms with van der Waals surface area (Å²) in [6, 6.07) is 18.6. The maximum atomic E-state index is 12.4. The Morgan fingerprint density at radius 1 is 1.09 bits per heavy atom. The van der Waals surface area contributed by atoms with Gasteiger partial charge < -0.3 is 20.3 Å². The van der Waals surface area contributed by atoms with E-state index in [1.807, 2.05) is 35.2 Å². The highest BCUT2D eigenvalue weighted by Gasteiger charge is 2.29.